The number of aliphatic hydroxyl groups excluding tert-OH is 5. The van der Waals surface area contributed by atoms with Crippen molar-refractivity contribution in [3.8, 4) is 0 Å². The molecule has 0 aromatic rings. The minimum Gasteiger partial charge on any atom is -0.394 e. The quantitative estimate of drug-likeness (QED) is 0.0263. The third kappa shape index (κ3) is 31.2. The highest BCUT2D eigenvalue weighted by Gasteiger charge is 2.44. The molecule has 0 aromatic heterocycles. The Bertz CT molecular complexity index is 977. The lowest BCUT2D eigenvalue weighted by molar-refractivity contribution is -0.302. The van der Waals surface area contributed by atoms with E-state index < -0.39 is 49.5 Å². The Hall–Kier alpha value is -1.33. The zero-order valence-electron chi connectivity index (χ0n) is 38.3. The maximum Gasteiger partial charge on any atom is 0.220 e. The van der Waals surface area contributed by atoms with E-state index in [1.807, 2.05) is 6.08 Å². The number of hydrogen-bond donors (Lipinski definition) is 6. The van der Waals surface area contributed by atoms with Crippen LogP contribution < -0.4 is 5.32 Å². The summed E-state index contributed by atoms with van der Waals surface area (Å²) in [6.07, 6.45) is 42.5. The second kappa shape index (κ2) is 40.7. The lowest BCUT2D eigenvalue weighted by Gasteiger charge is -2.40. The summed E-state index contributed by atoms with van der Waals surface area (Å²) in [6, 6.07) is -0.816. The van der Waals surface area contributed by atoms with Crippen LogP contribution in [0.15, 0.2) is 24.3 Å². The molecular weight excluding hydrogens is 743 g/mol. The largest absolute Gasteiger partial charge is 0.394 e. The van der Waals surface area contributed by atoms with Crippen LogP contribution in [0.25, 0.3) is 0 Å². The van der Waals surface area contributed by atoms with Gasteiger partial charge < -0.3 is 40.3 Å². The summed E-state index contributed by atoms with van der Waals surface area (Å²) in [5.74, 6) is -0.184. The molecule has 1 aliphatic heterocycles. The van der Waals surface area contributed by atoms with Gasteiger partial charge in [-0.05, 0) is 32.1 Å². The van der Waals surface area contributed by atoms with Gasteiger partial charge in [-0.2, -0.15) is 0 Å². The van der Waals surface area contributed by atoms with Crippen molar-refractivity contribution in [1.82, 2.24) is 5.32 Å². The fraction of sp³-hybridized carbons (Fsp3) is 0.900. The average molecular weight is 838 g/mol. The van der Waals surface area contributed by atoms with Crippen molar-refractivity contribution in [2.75, 3.05) is 13.2 Å². The van der Waals surface area contributed by atoms with Crippen LogP contribution >= 0.6 is 0 Å². The highest BCUT2D eigenvalue weighted by Crippen LogP contribution is 2.23. The summed E-state index contributed by atoms with van der Waals surface area (Å²) in [5, 5.41) is 54.1. The van der Waals surface area contributed by atoms with E-state index >= 15 is 0 Å². The Labute approximate surface area is 362 Å². The molecule has 348 valence electrons. The fourth-order valence-corrected chi connectivity index (χ4v) is 8.00. The number of nitrogens with one attached hydrogen (secondary N) is 1. The SMILES string of the molecule is CCCCCCC/C=C/CC/C=C/C(O)C(COC1OC(CO)C(O)C(O)C1O)NC(=O)CCCCCCCCCCCCCCCCCCCCCCCCCCC. The molecule has 9 nitrogen and oxygen atoms in total. The molecule has 1 amide bonds. The first kappa shape index (κ1) is 55.7. The zero-order chi connectivity index (χ0) is 43.0. The van der Waals surface area contributed by atoms with E-state index in [1.54, 1.807) is 6.08 Å². The van der Waals surface area contributed by atoms with E-state index in [1.165, 1.54) is 173 Å². The molecule has 1 aliphatic rings. The molecule has 7 unspecified atom stereocenters. The number of ether oxygens (including phenoxy) is 2. The number of hydrogen-bond acceptors (Lipinski definition) is 8. The molecule has 0 aliphatic carbocycles. The molecule has 1 saturated heterocycles. The lowest BCUT2D eigenvalue weighted by Crippen LogP contribution is -2.60. The molecule has 6 N–H and O–H groups in total. The van der Waals surface area contributed by atoms with Gasteiger partial charge >= 0.3 is 0 Å². The van der Waals surface area contributed by atoms with Crippen LogP contribution in [0.1, 0.15) is 232 Å². The van der Waals surface area contributed by atoms with E-state index in [-0.39, 0.29) is 12.5 Å². The summed E-state index contributed by atoms with van der Waals surface area (Å²) < 4.78 is 11.2. The predicted octanol–water partition coefficient (Wildman–Crippen LogP) is 11.1. The number of carbonyl (C=O) groups is 1. The van der Waals surface area contributed by atoms with Gasteiger partial charge in [0.1, 0.15) is 24.4 Å². The molecular formula is C50H95NO8. The number of allylic oxidation sites excluding steroid dienone is 3. The van der Waals surface area contributed by atoms with E-state index in [4.69, 9.17) is 9.47 Å². The summed E-state index contributed by atoms with van der Waals surface area (Å²) in [7, 11) is 0. The maximum absolute atomic E-state index is 13.0. The Kier molecular flexibility index (Phi) is 38.4. The zero-order valence-corrected chi connectivity index (χ0v) is 38.3. The van der Waals surface area contributed by atoms with Crippen molar-refractivity contribution in [3.05, 3.63) is 24.3 Å². The molecule has 7 atom stereocenters. The van der Waals surface area contributed by atoms with Crippen LogP contribution in [0.3, 0.4) is 0 Å². The third-order valence-electron chi connectivity index (χ3n) is 12.0. The van der Waals surface area contributed by atoms with Crippen LogP contribution in [0, 0.1) is 0 Å². The van der Waals surface area contributed by atoms with Gasteiger partial charge in [0.25, 0.3) is 0 Å². The monoisotopic (exact) mass is 838 g/mol. The normalized spacial score (nSPS) is 20.8. The molecule has 9 heteroatoms. The van der Waals surface area contributed by atoms with Crippen LogP contribution in [0.5, 0.6) is 0 Å². The van der Waals surface area contributed by atoms with E-state index in [9.17, 15) is 30.3 Å². The molecule has 0 aromatic carbocycles. The van der Waals surface area contributed by atoms with Gasteiger partial charge in [-0.25, -0.2) is 0 Å². The Morgan fingerprint density at radius 1 is 0.559 bits per heavy atom. The third-order valence-corrected chi connectivity index (χ3v) is 12.0. The molecule has 1 rings (SSSR count). The molecule has 1 heterocycles. The van der Waals surface area contributed by atoms with Crippen LogP contribution in [0.2, 0.25) is 0 Å². The van der Waals surface area contributed by atoms with E-state index in [0.29, 0.717) is 6.42 Å². The smallest absolute Gasteiger partial charge is 0.220 e. The number of carbonyl (C=O) groups excluding carboxylic acids is 1. The Morgan fingerprint density at radius 3 is 1.42 bits per heavy atom. The number of rotatable bonds is 42. The number of unbranched alkanes of at least 4 members (excludes halogenated alkanes) is 30. The molecule has 0 radical (unpaired) electrons. The Balaban J connectivity index is 2.21. The first-order valence-electron chi connectivity index (χ1n) is 25.1. The average Bonchev–Trinajstić information content (AvgIpc) is 3.23. The summed E-state index contributed by atoms with van der Waals surface area (Å²) >= 11 is 0. The minimum absolute atomic E-state index is 0.184. The van der Waals surface area contributed by atoms with Crippen molar-refractivity contribution in [1.29, 1.82) is 0 Å². The standard InChI is InChI=1S/C50H95NO8/c1-3-5-7-9-11-13-15-16-17-18-19-20-21-22-23-24-25-26-27-28-30-32-34-36-38-40-46(54)51-43(42-58-50-49(57)48(56)47(55)45(41-52)59-50)44(53)39-37-35-33-31-29-14-12-10-8-6-4-2/h29,31,37,39,43-45,47-50,52-53,55-57H,3-28,30,32-36,38,40-42H2,1-2H3,(H,51,54)/b31-29+,39-37+. The summed E-state index contributed by atoms with van der Waals surface area (Å²) in [6.45, 7) is 3.75. The van der Waals surface area contributed by atoms with Crippen molar-refractivity contribution in [2.45, 2.75) is 275 Å². The fourth-order valence-electron chi connectivity index (χ4n) is 8.00. The first-order chi connectivity index (χ1) is 28.8. The van der Waals surface area contributed by atoms with Gasteiger partial charge in [0.15, 0.2) is 6.29 Å². The second-order valence-corrected chi connectivity index (χ2v) is 17.6. The van der Waals surface area contributed by atoms with Crippen molar-refractivity contribution in [2.24, 2.45) is 0 Å². The topological polar surface area (TPSA) is 149 Å². The van der Waals surface area contributed by atoms with Gasteiger partial charge in [-0.1, -0.05) is 218 Å². The van der Waals surface area contributed by atoms with Gasteiger partial charge in [0, 0.05) is 6.42 Å². The van der Waals surface area contributed by atoms with Gasteiger partial charge in [-0.15, -0.1) is 0 Å². The van der Waals surface area contributed by atoms with Crippen molar-refractivity contribution < 1.29 is 39.8 Å². The van der Waals surface area contributed by atoms with Crippen molar-refractivity contribution >= 4 is 5.91 Å². The summed E-state index contributed by atoms with van der Waals surface area (Å²) in [4.78, 5) is 13.0. The molecule has 0 spiro atoms. The van der Waals surface area contributed by atoms with Crippen LogP contribution in [0.4, 0.5) is 0 Å². The predicted molar refractivity (Wildman–Crippen MR) is 244 cm³/mol. The molecule has 0 bridgehead atoms. The molecule has 59 heavy (non-hydrogen) atoms. The second-order valence-electron chi connectivity index (χ2n) is 17.6. The highest BCUT2D eigenvalue weighted by atomic mass is 16.7. The molecule has 1 fully saturated rings. The summed E-state index contributed by atoms with van der Waals surface area (Å²) in [5.41, 5.74) is 0. The molecule has 0 saturated carbocycles. The van der Waals surface area contributed by atoms with Gasteiger partial charge in [0.05, 0.1) is 25.4 Å². The first-order valence-corrected chi connectivity index (χ1v) is 25.1. The van der Waals surface area contributed by atoms with Gasteiger partial charge in [-0.3, -0.25) is 4.79 Å². The van der Waals surface area contributed by atoms with Crippen molar-refractivity contribution in [3.63, 3.8) is 0 Å². The lowest BCUT2D eigenvalue weighted by atomic mass is 9.99. The Morgan fingerprint density at radius 2 is 0.966 bits per heavy atom. The van der Waals surface area contributed by atoms with E-state index in [0.717, 1.165) is 38.5 Å². The number of amides is 1. The minimum atomic E-state index is -1.57. The maximum atomic E-state index is 13.0. The van der Waals surface area contributed by atoms with Crippen LogP contribution in [-0.4, -0.2) is 87.5 Å². The van der Waals surface area contributed by atoms with Gasteiger partial charge in [0.2, 0.25) is 5.91 Å². The van der Waals surface area contributed by atoms with Crippen LogP contribution in [-0.2, 0) is 14.3 Å². The highest BCUT2D eigenvalue weighted by molar-refractivity contribution is 5.76. The number of aliphatic hydroxyl groups is 5. The van der Waals surface area contributed by atoms with E-state index in [2.05, 4.69) is 31.3 Å².